The Morgan fingerprint density at radius 1 is 0.557 bits per heavy atom. The fraction of sp³-hybridized carbons (Fsp3) is 0.917. The van der Waals surface area contributed by atoms with Gasteiger partial charge in [0.25, 0.3) is 0 Å². The second-order valence-corrected chi connectivity index (χ2v) is 27.5. The molecule has 79 heavy (non-hydrogen) atoms. The van der Waals surface area contributed by atoms with Crippen LogP contribution in [0.2, 0.25) is 0 Å². The molecular formula is C60H86O19. The van der Waals surface area contributed by atoms with Crippen LogP contribution in [0.5, 0.6) is 0 Å². The van der Waals surface area contributed by atoms with Crippen molar-refractivity contribution in [3.63, 3.8) is 0 Å². The number of aliphatic hydroxyl groups excluding tert-OH is 2. The zero-order valence-electron chi connectivity index (χ0n) is 46.9. The van der Waals surface area contributed by atoms with Gasteiger partial charge in [0.1, 0.15) is 66.6 Å². The number of hydrogen-bond donors (Lipinski definition) is 2. The van der Waals surface area contributed by atoms with Crippen LogP contribution in [0.3, 0.4) is 0 Å². The summed E-state index contributed by atoms with van der Waals surface area (Å²) in [6, 6.07) is 0. The molecule has 19 nitrogen and oxygen atoms in total. The Morgan fingerprint density at radius 3 is 2.13 bits per heavy atom. The minimum Gasteiger partial charge on any atom is -0.459 e. The maximum absolute atomic E-state index is 14.6. The van der Waals surface area contributed by atoms with E-state index in [9.17, 15) is 15.0 Å². The molecule has 0 aromatic rings. The van der Waals surface area contributed by atoms with E-state index >= 15 is 0 Å². The molecular weight excluding hydrogens is 1020 g/mol. The Kier molecular flexibility index (Phi) is 13.4. The van der Waals surface area contributed by atoms with Crippen LogP contribution in [0.15, 0.2) is 24.3 Å². The molecule has 0 radical (unpaired) electrons. The first-order valence-corrected chi connectivity index (χ1v) is 30.8. The number of carbonyl (C=O) groups is 1. The number of ether oxygens (including phenoxy) is 16. The summed E-state index contributed by atoms with van der Waals surface area (Å²) in [5.74, 6) is -3.54. The zero-order valence-corrected chi connectivity index (χ0v) is 46.9. The van der Waals surface area contributed by atoms with Crippen molar-refractivity contribution in [1.29, 1.82) is 0 Å². The molecule has 32 unspecified atom stereocenters. The quantitative estimate of drug-likeness (QED) is 0.245. The first-order valence-electron chi connectivity index (χ1n) is 30.8. The van der Waals surface area contributed by atoms with Crippen molar-refractivity contribution in [2.75, 3.05) is 0 Å². The SMILES string of the molecule is C=C1CC2CCC34OC5C6OC(CCC6OC6C5OC(C)(C6O3)C4O)CC(=O)OC3C(CC4OC(CCC1O2)CC(C)C4=C)OC1OC2OC4(CC2OC1C3C)CC1OC2(CC(C)C3OC(CCC)C(O)CC3O2)CC(C)C1O4. The molecule has 0 amide bonds. The lowest BCUT2D eigenvalue weighted by atomic mass is 9.78. The van der Waals surface area contributed by atoms with Gasteiger partial charge < -0.3 is 86.0 Å². The van der Waals surface area contributed by atoms with Crippen molar-refractivity contribution < 1.29 is 90.8 Å². The van der Waals surface area contributed by atoms with Crippen LogP contribution in [-0.2, 0) is 80.6 Å². The van der Waals surface area contributed by atoms with Gasteiger partial charge in [-0.05, 0) is 87.2 Å². The van der Waals surface area contributed by atoms with Crippen LogP contribution in [0.1, 0.15) is 151 Å². The smallest absolute Gasteiger partial charge is 0.308 e. The lowest BCUT2D eigenvalue weighted by molar-refractivity contribution is -0.393. The van der Waals surface area contributed by atoms with Crippen LogP contribution in [0, 0.1) is 23.7 Å². The second kappa shape index (κ2) is 19.7. The van der Waals surface area contributed by atoms with E-state index in [1.807, 2.05) is 13.8 Å². The molecule has 440 valence electrons. The van der Waals surface area contributed by atoms with Crippen molar-refractivity contribution >= 4 is 5.97 Å². The van der Waals surface area contributed by atoms with Crippen molar-refractivity contribution in [1.82, 2.24) is 0 Å². The van der Waals surface area contributed by atoms with Gasteiger partial charge in [0, 0.05) is 50.9 Å². The molecule has 16 fully saturated rings. The molecule has 16 heterocycles. The lowest BCUT2D eigenvalue weighted by Crippen LogP contribution is -2.63. The Morgan fingerprint density at radius 2 is 1.29 bits per heavy atom. The molecule has 16 aliphatic heterocycles. The van der Waals surface area contributed by atoms with E-state index in [0.717, 1.165) is 43.3 Å². The second-order valence-electron chi connectivity index (χ2n) is 27.5. The van der Waals surface area contributed by atoms with Gasteiger partial charge in [-0.1, -0.05) is 54.2 Å². The molecule has 0 aromatic heterocycles. The highest BCUT2D eigenvalue weighted by atomic mass is 16.9. The summed E-state index contributed by atoms with van der Waals surface area (Å²) in [5.41, 5.74) is 1.000. The predicted octanol–water partition coefficient (Wildman–Crippen LogP) is 5.88. The van der Waals surface area contributed by atoms with Crippen LogP contribution in [-0.4, -0.2) is 186 Å². The monoisotopic (exact) mass is 1110 g/mol. The molecule has 3 spiro atoms. The third-order valence-electron chi connectivity index (χ3n) is 21.9. The summed E-state index contributed by atoms with van der Waals surface area (Å²) in [7, 11) is 0. The molecule has 16 rings (SSSR count). The topological polar surface area (TPSA) is 205 Å². The van der Waals surface area contributed by atoms with E-state index in [4.69, 9.17) is 75.8 Å². The molecule has 16 saturated heterocycles. The normalized spacial score (nSPS) is 59.4. The van der Waals surface area contributed by atoms with Gasteiger partial charge in [-0.15, -0.1) is 0 Å². The maximum atomic E-state index is 14.6. The average Bonchev–Trinajstić information content (AvgIpc) is 3.27. The molecule has 0 aromatic carbocycles. The Balaban J connectivity index is 0.669. The number of carbonyl (C=O) groups excluding carboxylic acids is 1. The van der Waals surface area contributed by atoms with E-state index in [1.54, 1.807) is 0 Å². The van der Waals surface area contributed by atoms with Crippen LogP contribution < -0.4 is 0 Å². The standard InChI is InChI=1S/C60H86O19/c1-9-10-37-35(61)20-41-45(67-37)28(4)22-58(73-41)23-29(5)46-42(74-58)24-59(76-46)25-43-54(79-59)72-55-48(69-43)31(7)47-40(70-55)21-39-30(6)26(2)17-32(65-39)11-13-36-27(3)18-34(64-36)15-16-60-56(63)57(8)53(78-60)52-51(75-57)50(77-60)49-38(68-52)14-12-33(66-49)19-44(62)71-47/h26,28-29,31-43,45-56,61,63H,3,6,9-25H2,1-2,4-5,7-8H3. The molecule has 0 saturated carbocycles. The van der Waals surface area contributed by atoms with Gasteiger partial charge in [0.15, 0.2) is 29.9 Å². The lowest BCUT2D eigenvalue weighted by Gasteiger charge is -2.54. The summed E-state index contributed by atoms with van der Waals surface area (Å²) in [6.07, 6.45) is -0.824. The van der Waals surface area contributed by atoms with Crippen molar-refractivity contribution in [3.05, 3.63) is 24.3 Å². The van der Waals surface area contributed by atoms with Gasteiger partial charge in [-0.2, -0.15) is 0 Å². The molecule has 32 atom stereocenters. The number of hydrogen-bond acceptors (Lipinski definition) is 19. The number of fused-ring (bicyclic) bond motifs is 10. The largest absolute Gasteiger partial charge is 0.459 e. The number of aliphatic hydroxyl groups is 2. The van der Waals surface area contributed by atoms with Gasteiger partial charge in [0.2, 0.25) is 0 Å². The highest BCUT2D eigenvalue weighted by molar-refractivity contribution is 5.70. The van der Waals surface area contributed by atoms with Crippen LogP contribution >= 0.6 is 0 Å². The summed E-state index contributed by atoms with van der Waals surface area (Å²) < 4.78 is 110. The first-order chi connectivity index (χ1) is 37.9. The fourth-order valence-corrected chi connectivity index (χ4v) is 18.0. The number of esters is 1. The zero-order chi connectivity index (χ0) is 54.2. The molecule has 16 aliphatic rings. The molecule has 12 bridgehead atoms. The number of rotatable bonds is 2. The molecule has 0 aliphatic carbocycles. The highest BCUT2D eigenvalue weighted by Gasteiger charge is 2.77. The minimum atomic E-state index is -1.35. The van der Waals surface area contributed by atoms with Crippen LogP contribution in [0.25, 0.3) is 0 Å². The Labute approximate surface area is 463 Å². The van der Waals surface area contributed by atoms with Gasteiger partial charge in [-0.25, -0.2) is 0 Å². The van der Waals surface area contributed by atoms with E-state index in [1.165, 1.54) is 0 Å². The summed E-state index contributed by atoms with van der Waals surface area (Å²) >= 11 is 0. The first kappa shape index (κ1) is 54.0. The van der Waals surface area contributed by atoms with Crippen molar-refractivity contribution in [2.24, 2.45) is 23.7 Å². The maximum Gasteiger partial charge on any atom is 0.308 e. The van der Waals surface area contributed by atoms with Crippen molar-refractivity contribution in [3.8, 4) is 0 Å². The van der Waals surface area contributed by atoms with Gasteiger partial charge in [0.05, 0.1) is 79.7 Å². The van der Waals surface area contributed by atoms with E-state index in [2.05, 4.69) is 40.9 Å². The van der Waals surface area contributed by atoms with Gasteiger partial charge >= 0.3 is 5.97 Å². The Bertz CT molecular complexity index is 2380. The summed E-state index contributed by atoms with van der Waals surface area (Å²) in [6.45, 7) is 21.7. The fourth-order valence-electron chi connectivity index (χ4n) is 18.0. The molecule has 2 N–H and O–H groups in total. The van der Waals surface area contributed by atoms with E-state index in [-0.39, 0.29) is 91.1 Å². The Hall–Kier alpha value is -1.73. The minimum absolute atomic E-state index is 0.00440. The molecule has 19 heteroatoms. The third-order valence-corrected chi connectivity index (χ3v) is 21.9. The third kappa shape index (κ3) is 8.83. The summed E-state index contributed by atoms with van der Waals surface area (Å²) in [4.78, 5) is 14.6. The van der Waals surface area contributed by atoms with E-state index < -0.39 is 115 Å². The predicted molar refractivity (Wildman–Crippen MR) is 273 cm³/mol. The summed E-state index contributed by atoms with van der Waals surface area (Å²) in [5, 5.41) is 23.2. The van der Waals surface area contributed by atoms with Crippen molar-refractivity contribution in [2.45, 2.75) is 321 Å². The van der Waals surface area contributed by atoms with Gasteiger partial charge in [-0.3, -0.25) is 4.79 Å². The highest BCUT2D eigenvalue weighted by Crippen LogP contribution is 2.60. The van der Waals surface area contributed by atoms with Crippen LogP contribution in [0.4, 0.5) is 0 Å². The van der Waals surface area contributed by atoms with E-state index in [0.29, 0.717) is 70.6 Å². The average molecular weight is 1110 g/mol.